The summed E-state index contributed by atoms with van der Waals surface area (Å²) >= 11 is 1.53. The molecule has 38 heavy (non-hydrogen) atoms. The number of aromatic nitrogens is 3. The molecule has 0 saturated carbocycles. The van der Waals surface area contributed by atoms with Gasteiger partial charge in [0.2, 0.25) is 10.0 Å². The van der Waals surface area contributed by atoms with Gasteiger partial charge in [0, 0.05) is 11.4 Å². The van der Waals surface area contributed by atoms with Gasteiger partial charge in [-0.15, -0.1) is 10.2 Å². The van der Waals surface area contributed by atoms with E-state index in [1.807, 2.05) is 90.4 Å². The van der Waals surface area contributed by atoms with Gasteiger partial charge in [-0.3, -0.25) is 4.57 Å². The zero-order valence-electron chi connectivity index (χ0n) is 21.3. The summed E-state index contributed by atoms with van der Waals surface area (Å²) in [5.41, 5.74) is 3.07. The molecule has 194 valence electrons. The number of hydrogen-bond acceptors (Lipinski definition) is 6. The lowest BCUT2D eigenvalue weighted by Gasteiger charge is -2.17. The van der Waals surface area contributed by atoms with Gasteiger partial charge >= 0.3 is 0 Å². The third kappa shape index (κ3) is 5.60. The Morgan fingerprint density at radius 3 is 2.45 bits per heavy atom. The van der Waals surface area contributed by atoms with Crippen molar-refractivity contribution in [2.45, 2.75) is 35.7 Å². The van der Waals surface area contributed by atoms with Crippen molar-refractivity contribution < 1.29 is 13.2 Å². The molecule has 1 aromatic heterocycles. The summed E-state index contributed by atoms with van der Waals surface area (Å²) in [5.74, 6) is 1.95. The summed E-state index contributed by atoms with van der Waals surface area (Å²) in [4.78, 5) is 0.206. The Bertz CT molecular complexity index is 1680. The molecular formula is C29H28N4O3S2. The highest BCUT2D eigenvalue weighted by molar-refractivity contribution is 7.98. The molecule has 0 radical (unpaired) electrons. The van der Waals surface area contributed by atoms with E-state index in [1.165, 1.54) is 11.8 Å². The predicted molar refractivity (Wildman–Crippen MR) is 151 cm³/mol. The van der Waals surface area contributed by atoms with Gasteiger partial charge in [0.25, 0.3) is 0 Å². The number of fused-ring (bicyclic) bond motifs is 1. The van der Waals surface area contributed by atoms with E-state index in [-0.39, 0.29) is 4.90 Å². The number of ether oxygens (including phenoxy) is 1. The monoisotopic (exact) mass is 544 g/mol. The number of nitrogens with zero attached hydrogens (tertiary/aromatic N) is 3. The van der Waals surface area contributed by atoms with Crippen LogP contribution in [-0.4, -0.2) is 30.3 Å². The molecule has 0 fully saturated rings. The number of aryl methyl sites for hydroxylation is 1. The molecule has 7 nitrogen and oxygen atoms in total. The topological polar surface area (TPSA) is 86.1 Å². The van der Waals surface area contributed by atoms with Crippen molar-refractivity contribution in [3.05, 3.63) is 108 Å². The van der Waals surface area contributed by atoms with Crippen LogP contribution in [0.2, 0.25) is 0 Å². The number of rotatable bonds is 9. The molecule has 0 bridgehead atoms. The number of sulfonamides is 1. The van der Waals surface area contributed by atoms with Crippen LogP contribution in [0.3, 0.4) is 0 Å². The lowest BCUT2D eigenvalue weighted by molar-refractivity contribution is 0.414. The zero-order chi connectivity index (χ0) is 26.7. The Morgan fingerprint density at radius 2 is 1.68 bits per heavy atom. The van der Waals surface area contributed by atoms with Gasteiger partial charge in [0.1, 0.15) is 5.75 Å². The average molecular weight is 545 g/mol. The van der Waals surface area contributed by atoms with Crippen molar-refractivity contribution in [2.75, 3.05) is 7.11 Å². The molecule has 0 aliphatic carbocycles. The van der Waals surface area contributed by atoms with Gasteiger partial charge in [-0.1, -0.05) is 71.9 Å². The van der Waals surface area contributed by atoms with Crippen LogP contribution in [0.4, 0.5) is 0 Å². The van der Waals surface area contributed by atoms with Gasteiger partial charge in [-0.05, 0) is 66.6 Å². The first-order valence-electron chi connectivity index (χ1n) is 12.1. The predicted octanol–water partition coefficient (Wildman–Crippen LogP) is 6.07. The van der Waals surface area contributed by atoms with Crippen LogP contribution in [0.25, 0.3) is 16.5 Å². The van der Waals surface area contributed by atoms with Crippen LogP contribution in [0.1, 0.15) is 29.9 Å². The lowest BCUT2D eigenvalue weighted by atomic mass is 10.1. The summed E-state index contributed by atoms with van der Waals surface area (Å²) in [6.07, 6.45) is 0. The largest absolute Gasteiger partial charge is 0.497 e. The van der Waals surface area contributed by atoms with Crippen LogP contribution in [0.5, 0.6) is 5.75 Å². The molecule has 1 unspecified atom stereocenters. The van der Waals surface area contributed by atoms with Crippen LogP contribution in [0.15, 0.2) is 101 Å². The lowest BCUT2D eigenvalue weighted by Crippen LogP contribution is -2.28. The second-order valence-corrected chi connectivity index (χ2v) is 11.7. The maximum absolute atomic E-state index is 13.3. The third-order valence-electron chi connectivity index (χ3n) is 6.20. The van der Waals surface area contributed by atoms with Crippen LogP contribution in [-0.2, 0) is 15.8 Å². The summed E-state index contributed by atoms with van der Waals surface area (Å²) in [7, 11) is -2.16. The molecule has 1 atom stereocenters. The first-order chi connectivity index (χ1) is 18.3. The van der Waals surface area contributed by atoms with Crippen LogP contribution in [0, 0.1) is 6.92 Å². The minimum atomic E-state index is -3.81. The van der Waals surface area contributed by atoms with Gasteiger partial charge in [0.05, 0.1) is 18.0 Å². The van der Waals surface area contributed by atoms with Crippen molar-refractivity contribution in [3.63, 3.8) is 0 Å². The van der Waals surface area contributed by atoms with Gasteiger partial charge < -0.3 is 4.74 Å². The molecule has 1 N–H and O–H groups in total. The molecule has 5 aromatic rings. The number of benzene rings is 4. The van der Waals surface area contributed by atoms with Crippen molar-refractivity contribution in [1.82, 2.24) is 19.5 Å². The third-order valence-corrected chi connectivity index (χ3v) is 8.74. The summed E-state index contributed by atoms with van der Waals surface area (Å²) in [6.45, 7) is 3.80. The van der Waals surface area contributed by atoms with Crippen molar-refractivity contribution >= 4 is 32.6 Å². The van der Waals surface area contributed by atoms with Gasteiger partial charge in [-0.2, -0.15) is 0 Å². The Labute approximate surface area is 226 Å². The second-order valence-electron chi connectivity index (χ2n) is 9.00. The fraction of sp³-hybridized carbons (Fsp3) is 0.172. The Morgan fingerprint density at radius 1 is 0.921 bits per heavy atom. The van der Waals surface area contributed by atoms with E-state index >= 15 is 0 Å². The maximum atomic E-state index is 13.3. The van der Waals surface area contributed by atoms with E-state index < -0.39 is 16.1 Å². The fourth-order valence-corrected chi connectivity index (χ4v) is 6.33. The summed E-state index contributed by atoms with van der Waals surface area (Å²) in [6, 6.07) is 28.0. The number of hydrogen-bond donors (Lipinski definition) is 1. The van der Waals surface area contributed by atoms with Gasteiger partial charge in [0.15, 0.2) is 11.0 Å². The maximum Gasteiger partial charge on any atom is 0.241 e. The van der Waals surface area contributed by atoms with Gasteiger partial charge in [-0.25, -0.2) is 13.1 Å². The number of methoxy groups -OCH3 is 1. The quantitative estimate of drug-likeness (QED) is 0.227. The fourth-order valence-electron chi connectivity index (χ4n) is 4.19. The molecular weight excluding hydrogens is 516 g/mol. The minimum Gasteiger partial charge on any atom is -0.497 e. The number of nitrogens with one attached hydrogen (secondary N) is 1. The normalized spacial score (nSPS) is 12.5. The second kappa shape index (κ2) is 11.0. The molecule has 0 aliphatic heterocycles. The summed E-state index contributed by atoms with van der Waals surface area (Å²) in [5, 5.41) is 11.4. The smallest absolute Gasteiger partial charge is 0.241 e. The van der Waals surface area contributed by atoms with Crippen molar-refractivity contribution in [2.24, 2.45) is 0 Å². The van der Waals surface area contributed by atoms with E-state index in [0.717, 1.165) is 33.3 Å². The molecule has 1 heterocycles. The average Bonchev–Trinajstić information content (AvgIpc) is 3.36. The molecule has 0 saturated heterocycles. The number of thioether (sulfide) groups is 1. The van der Waals surface area contributed by atoms with Crippen molar-refractivity contribution in [3.8, 4) is 11.4 Å². The summed E-state index contributed by atoms with van der Waals surface area (Å²) < 4.78 is 36.7. The minimum absolute atomic E-state index is 0.206. The van der Waals surface area contributed by atoms with Crippen molar-refractivity contribution in [1.29, 1.82) is 0 Å². The van der Waals surface area contributed by atoms with E-state index in [4.69, 9.17) is 4.74 Å². The molecule has 0 amide bonds. The zero-order valence-corrected chi connectivity index (χ0v) is 23.0. The van der Waals surface area contributed by atoms with Crippen LogP contribution >= 0.6 is 11.8 Å². The first-order valence-corrected chi connectivity index (χ1v) is 14.6. The highest BCUT2D eigenvalue weighted by atomic mass is 32.2. The molecule has 9 heteroatoms. The first kappa shape index (κ1) is 26.0. The van der Waals surface area contributed by atoms with E-state index in [2.05, 4.69) is 14.9 Å². The van der Waals surface area contributed by atoms with E-state index in [1.54, 1.807) is 26.2 Å². The van der Waals surface area contributed by atoms with Crippen LogP contribution < -0.4 is 9.46 Å². The standard InChI is InChI=1S/C29H28N4O3S2/c1-20-11-14-25(15-12-20)33-28(30-31-29(33)37-19-22-7-6-10-26(17-22)36-3)21(2)32-38(34,35)27-16-13-23-8-4-5-9-24(23)18-27/h4-18,21,32H,19H2,1-3H3. The highest BCUT2D eigenvalue weighted by Crippen LogP contribution is 2.29. The molecule has 4 aromatic carbocycles. The highest BCUT2D eigenvalue weighted by Gasteiger charge is 2.25. The molecule has 5 rings (SSSR count). The Balaban J connectivity index is 1.45. The van der Waals surface area contributed by atoms with E-state index in [0.29, 0.717) is 16.7 Å². The molecule has 0 aliphatic rings. The van der Waals surface area contributed by atoms with E-state index in [9.17, 15) is 8.42 Å². The SMILES string of the molecule is COc1cccc(CSc2nnc(C(C)NS(=O)(=O)c3ccc4ccccc4c3)n2-c2ccc(C)cc2)c1. The molecule has 0 spiro atoms. The Kier molecular flexibility index (Phi) is 7.51. The Hall–Kier alpha value is -3.66.